The number of likely N-dealkylation sites (N-methyl/N-ethyl adjacent to an activating group) is 1. The van der Waals surface area contributed by atoms with Crippen LogP contribution in [0, 0.1) is 0 Å². The van der Waals surface area contributed by atoms with E-state index < -0.39 is 17.5 Å². The van der Waals surface area contributed by atoms with Gasteiger partial charge in [0, 0.05) is 44.2 Å². The zero-order chi connectivity index (χ0) is 23.0. The van der Waals surface area contributed by atoms with Gasteiger partial charge in [0.2, 0.25) is 5.60 Å². The topological polar surface area (TPSA) is 75.9 Å². The minimum atomic E-state index is -1.40. The number of benzene rings is 2. The second-order valence-corrected chi connectivity index (χ2v) is 9.75. The average Bonchev–Trinajstić information content (AvgIpc) is 2.84. The van der Waals surface area contributed by atoms with Crippen LogP contribution in [-0.4, -0.2) is 54.9 Å². The molecule has 1 amide bonds. The van der Waals surface area contributed by atoms with Crippen molar-refractivity contribution in [3.63, 3.8) is 0 Å². The highest BCUT2D eigenvalue weighted by Crippen LogP contribution is 2.40. The van der Waals surface area contributed by atoms with Crippen molar-refractivity contribution in [2.45, 2.75) is 50.2 Å². The number of carbonyl (C=O) groups is 2. The number of piperazine rings is 1. The van der Waals surface area contributed by atoms with E-state index in [2.05, 4.69) is 22.9 Å². The molecule has 0 bridgehead atoms. The lowest BCUT2D eigenvalue weighted by molar-refractivity contribution is -0.140. The van der Waals surface area contributed by atoms with Crippen LogP contribution >= 0.6 is 0 Å². The van der Waals surface area contributed by atoms with E-state index in [-0.39, 0.29) is 0 Å². The molecule has 3 aliphatic rings. The fourth-order valence-corrected chi connectivity index (χ4v) is 5.84. The molecule has 1 aliphatic heterocycles. The Morgan fingerprint density at radius 2 is 1.76 bits per heavy atom. The molecule has 6 heteroatoms. The highest BCUT2D eigenvalue weighted by Gasteiger charge is 2.46. The van der Waals surface area contributed by atoms with Gasteiger partial charge in [0.25, 0.3) is 5.91 Å². The van der Waals surface area contributed by atoms with Gasteiger partial charge in [0.15, 0.2) is 0 Å². The predicted octanol–water partition coefficient (Wildman–Crippen LogP) is 3.19. The van der Waals surface area contributed by atoms with Crippen LogP contribution in [-0.2, 0) is 28.0 Å². The normalized spacial score (nSPS) is 25.7. The SMILES string of the molecule is CN1CCN(C2CCCc3ccc(C(=O)OC4(C(N)=O)CCCc5ccccc54)cc32)CC1. The monoisotopic (exact) mass is 447 g/mol. The molecule has 33 heavy (non-hydrogen) atoms. The lowest BCUT2D eigenvalue weighted by atomic mass is 9.78. The standard InChI is InChI=1S/C27H33N3O3/c1-29-14-16-30(17-15-29)24-10-4-7-19-11-12-21(18-22(19)24)25(31)33-27(26(28)32)13-5-8-20-6-2-3-9-23(20)27/h2-3,6,9,11-12,18,24H,4-5,7-8,10,13-17H2,1H3,(H2,28,32). The minimum Gasteiger partial charge on any atom is -0.440 e. The third-order valence-corrected chi connectivity index (χ3v) is 7.74. The summed E-state index contributed by atoms with van der Waals surface area (Å²) in [6, 6.07) is 13.9. The quantitative estimate of drug-likeness (QED) is 0.729. The van der Waals surface area contributed by atoms with Crippen molar-refractivity contribution in [1.29, 1.82) is 0 Å². The largest absolute Gasteiger partial charge is 0.440 e. The Hall–Kier alpha value is -2.70. The number of hydrogen-bond acceptors (Lipinski definition) is 5. The second kappa shape index (κ2) is 8.92. The van der Waals surface area contributed by atoms with Gasteiger partial charge in [-0.2, -0.15) is 0 Å². The summed E-state index contributed by atoms with van der Waals surface area (Å²) in [6.07, 6.45) is 5.33. The Kier molecular flexibility index (Phi) is 5.97. The highest BCUT2D eigenvalue weighted by molar-refractivity contribution is 5.94. The van der Waals surface area contributed by atoms with Gasteiger partial charge in [-0.05, 0) is 68.0 Å². The maximum absolute atomic E-state index is 13.4. The van der Waals surface area contributed by atoms with E-state index in [1.807, 2.05) is 36.4 Å². The Morgan fingerprint density at radius 3 is 2.55 bits per heavy atom. The Bertz CT molecular complexity index is 1060. The first-order valence-corrected chi connectivity index (χ1v) is 12.1. The van der Waals surface area contributed by atoms with E-state index in [0.717, 1.165) is 69.4 Å². The van der Waals surface area contributed by atoms with E-state index >= 15 is 0 Å². The Balaban J connectivity index is 1.44. The van der Waals surface area contributed by atoms with Crippen molar-refractivity contribution >= 4 is 11.9 Å². The van der Waals surface area contributed by atoms with Crippen LogP contribution in [0.15, 0.2) is 42.5 Å². The summed E-state index contributed by atoms with van der Waals surface area (Å²) in [6.45, 7) is 4.20. The molecule has 5 rings (SSSR count). The van der Waals surface area contributed by atoms with Crippen LogP contribution in [0.5, 0.6) is 0 Å². The maximum atomic E-state index is 13.4. The number of esters is 1. The molecule has 1 saturated heterocycles. The van der Waals surface area contributed by atoms with Gasteiger partial charge >= 0.3 is 5.97 Å². The van der Waals surface area contributed by atoms with Crippen molar-refractivity contribution in [2.75, 3.05) is 33.2 Å². The van der Waals surface area contributed by atoms with Crippen LogP contribution in [0.1, 0.15) is 64.3 Å². The van der Waals surface area contributed by atoms with E-state index in [1.54, 1.807) is 0 Å². The second-order valence-electron chi connectivity index (χ2n) is 9.75. The summed E-state index contributed by atoms with van der Waals surface area (Å²) in [5.74, 6) is -1.08. The summed E-state index contributed by atoms with van der Waals surface area (Å²) >= 11 is 0. The molecule has 2 unspecified atom stereocenters. The number of nitrogens with zero attached hydrogens (tertiary/aromatic N) is 2. The van der Waals surface area contributed by atoms with Gasteiger partial charge in [-0.3, -0.25) is 9.69 Å². The number of amides is 1. The van der Waals surface area contributed by atoms with Crippen molar-refractivity contribution in [3.8, 4) is 0 Å². The Morgan fingerprint density at radius 1 is 1.00 bits per heavy atom. The molecule has 6 nitrogen and oxygen atoms in total. The molecule has 2 aromatic carbocycles. The van der Waals surface area contributed by atoms with Gasteiger partial charge in [0.1, 0.15) is 0 Å². The first kappa shape index (κ1) is 22.1. The highest BCUT2D eigenvalue weighted by atomic mass is 16.6. The zero-order valence-electron chi connectivity index (χ0n) is 19.4. The molecule has 0 aromatic heterocycles. The van der Waals surface area contributed by atoms with E-state index in [1.165, 1.54) is 11.1 Å². The fraction of sp³-hybridized carbons (Fsp3) is 0.481. The van der Waals surface area contributed by atoms with Gasteiger partial charge in [-0.15, -0.1) is 0 Å². The maximum Gasteiger partial charge on any atom is 0.339 e. The average molecular weight is 448 g/mol. The first-order valence-electron chi connectivity index (χ1n) is 12.1. The first-order chi connectivity index (χ1) is 16.0. The lowest BCUT2D eigenvalue weighted by Crippen LogP contribution is -2.47. The van der Waals surface area contributed by atoms with Crippen LogP contribution in [0.2, 0.25) is 0 Å². The summed E-state index contributed by atoms with van der Waals surface area (Å²) < 4.78 is 6.00. The molecule has 2 atom stereocenters. The van der Waals surface area contributed by atoms with E-state index in [0.29, 0.717) is 18.0 Å². The van der Waals surface area contributed by atoms with Crippen LogP contribution in [0.25, 0.3) is 0 Å². The predicted molar refractivity (Wildman–Crippen MR) is 127 cm³/mol. The molecule has 174 valence electrons. The molecule has 1 heterocycles. The number of primary amides is 1. The summed E-state index contributed by atoms with van der Waals surface area (Å²) in [5, 5.41) is 0. The third kappa shape index (κ3) is 4.06. The molecular weight excluding hydrogens is 414 g/mol. The summed E-state index contributed by atoms with van der Waals surface area (Å²) in [4.78, 5) is 31.0. The number of ether oxygens (including phenoxy) is 1. The van der Waals surface area contributed by atoms with Crippen molar-refractivity contribution in [2.24, 2.45) is 5.73 Å². The van der Waals surface area contributed by atoms with Crippen molar-refractivity contribution in [3.05, 3.63) is 70.3 Å². The molecule has 2 aliphatic carbocycles. The fourth-order valence-electron chi connectivity index (χ4n) is 5.84. The number of carbonyl (C=O) groups excluding carboxylic acids is 2. The van der Waals surface area contributed by atoms with Gasteiger partial charge < -0.3 is 15.4 Å². The number of fused-ring (bicyclic) bond motifs is 2. The molecule has 0 spiro atoms. The molecule has 1 fully saturated rings. The number of rotatable bonds is 4. The lowest BCUT2D eigenvalue weighted by Gasteiger charge is -2.40. The van der Waals surface area contributed by atoms with E-state index in [4.69, 9.17) is 10.5 Å². The summed E-state index contributed by atoms with van der Waals surface area (Å²) in [5.41, 5.74) is 9.25. The van der Waals surface area contributed by atoms with Gasteiger partial charge in [0.05, 0.1) is 5.56 Å². The minimum absolute atomic E-state index is 0.329. The Labute approximate surface area is 195 Å². The number of hydrogen-bond donors (Lipinski definition) is 1. The third-order valence-electron chi connectivity index (χ3n) is 7.74. The van der Waals surface area contributed by atoms with Crippen LogP contribution < -0.4 is 5.73 Å². The molecule has 0 radical (unpaired) electrons. The molecule has 2 N–H and O–H groups in total. The van der Waals surface area contributed by atoms with Crippen LogP contribution in [0.4, 0.5) is 0 Å². The molecule has 0 saturated carbocycles. The van der Waals surface area contributed by atoms with Gasteiger partial charge in [-0.25, -0.2) is 4.79 Å². The van der Waals surface area contributed by atoms with Gasteiger partial charge in [-0.1, -0.05) is 30.3 Å². The smallest absolute Gasteiger partial charge is 0.339 e. The van der Waals surface area contributed by atoms with Crippen molar-refractivity contribution in [1.82, 2.24) is 9.80 Å². The molecule has 2 aromatic rings. The van der Waals surface area contributed by atoms with Crippen LogP contribution in [0.3, 0.4) is 0 Å². The zero-order valence-corrected chi connectivity index (χ0v) is 19.4. The molecular formula is C27H33N3O3. The number of aryl methyl sites for hydroxylation is 2. The van der Waals surface area contributed by atoms with E-state index in [9.17, 15) is 9.59 Å². The number of nitrogens with two attached hydrogens (primary N) is 1. The summed E-state index contributed by atoms with van der Waals surface area (Å²) in [7, 11) is 2.16. The van der Waals surface area contributed by atoms with Crippen molar-refractivity contribution < 1.29 is 14.3 Å².